The molecule has 4 heterocycles. The molecule has 0 radical (unpaired) electrons. The molecule has 1 aliphatic heterocycles. The van der Waals surface area contributed by atoms with Gasteiger partial charge in [-0.2, -0.15) is 5.10 Å². The van der Waals surface area contributed by atoms with Crippen molar-refractivity contribution in [2.45, 2.75) is 51.5 Å². The Hall–Kier alpha value is -4.38. The molecule has 3 aromatic heterocycles. The van der Waals surface area contributed by atoms with E-state index in [0.717, 1.165) is 31.2 Å². The van der Waals surface area contributed by atoms with Crippen LogP contribution in [-0.2, 0) is 21.4 Å². The summed E-state index contributed by atoms with van der Waals surface area (Å²) in [5.74, 6) is -1.27. The molecule has 11 heteroatoms. The Labute approximate surface area is 246 Å². The van der Waals surface area contributed by atoms with E-state index in [9.17, 15) is 9.59 Å². The Morgan fingerprint density at radius 3 is 2.79 bits per heavy atom. The molecular formula is C31H31FN6O3S. The number of rotatable bonds is 8. The van der Waals surface area contributed by atoms with E-state index in [1.54, 1.807) is 41.0 Å². The lowest BCUT2D eigenvalue weighted by Gasteiger charge is -2.33. The number of aromatic nitrogens is 3. The zero-order chi connectivity index (χ0) is 29.6. The third kappa shape index (κ3) is 4.98. The van der Waals surface area contributed by atoms with Gasteiger partial charge in [-0.3, -0.25) is 4.79 Å². The number of carbonyl (C=O) groups is 2. The number of benzene rings is 1. The second-order valence-electron chi connectivity index (χ2n) is 10.9. The van der Waals surface area contributed by atoms with Gasteiger partial charge in [-0.05, 0) is 74.4 Å². The number of amides is 1. The van der Waals surface area contributed by atoms with Gasteiger partial charge in [0.2, 0.25) is 0 Å². The number of fused-ring (bicyclic) bond motifs is 2. The number of nitrogens with one attached hydrogen (secondary N) is 2. The van der Waals surface area contributed by atoms with Crippen molar-refractivity contribution in [3.8, 4) is 11.3 Å². The summed E-state index contributed by atoms with van der Waals surface area (Å²) < 4.78 is 22.0. The summed E-state index contributed by atoms with van der Waals surface area (Å²) in [7, 11) is 0. The number of carbonyl (C=O) groups excluding carboxylic acids is 2. The van der Waals surface area contributed by atoms with E-state index in [-0.39, 0.29) is 35.1 Å². The minimum absolute atomic E-state index is 0.00826. The molecule has 1 saturated carbocycles. The number of thiophene rings is 1. The van der Waals surface area contributed by atoms with Crippen LogP contribution in [0, 0.1) is 11.2 Å². The zero-order valence-electron chi connectivity index (χ0n) is 23.6. The number of anilines is 1. The van der Waals surface area contributed by atoms with Crippen LogP contribution in [0.3, 0.4) is 0 Å². The van der Waals surface area contributed by atoms with E-state index < -0.39 is 11.8 Å². The lowest BCUT2D eigenvalue weighted by atomic mass is 10.00. The van der Waals surface area contributed by atoms with Crippen LogP contribution in [0.1, 0.15) is 66.3 Å². The molecule has 6 rings (SSSR count). The van der Waals surface area contributed by atoms with Crippen molar-refractivity contribution < 1.29 is 18.7 Å². The Morgan fingerprint density at radius 2 is 2.07 bits per heavy atom. The fourth-order valence-electron chi connectivity index (χ4n) is 5.37. The SMILES string of the molecule is CCOC(=O)/C(C=N)=C/Nc1ccc(-c2cc3nc(C(=O)N4CCc5sccc5C4C)cc(C4(C)CC4)n3n2)c(F)c1. The van der Waals surface area contributed by atoms with E-state index in [0.29, 0.717) is 29.3 Å². The molecule has 1 amide bonds. The molecule has 1 atom stereocenters. The van der Waals surface area contributed by atoms with Gasteiger partial charge in [0.25, 0.3) is 5.91 Å². The molecule has 2 N–H and O–H groups in total. The summed E-state index contributed by atoms with van der Waals surface area (Å²) in [5.41, 5.74) is 3.91. The van der Waals surface area contributed by atoms with Gasteiger partial charge in [0.1, 0.15) is 11.5 Å². The summed E-state index contributed by atoms with van der Waals surface area (Å²) in [6.45, 7) is 6.70. The smallest absolute Gasteiger partial charge is 0.341 e. The summed E-state index contributed by atoms with van der Waals surface area (Å²) in [6.07, 6.45) is 4.95. The lowest BCUT2D eigenvalue weighted by molar-refractivity contribution is -0.137. The van der Waals surface area contributed by atoms with Crippen molar-refractivity contribution in [1.29, 1.82) is 5.41 Å². The van der Waals surface area contributed by atoms with E-state index in [1.807, 2.05) is 11.0 Å². The average molecular weight is 587 g/mol. The molecule has 1 aliphatic carbocycles. The van der Waals surface area contributed by atoms with Crippen LogP contribution in [0.5, 0.6) is 0 Å². The van der Waals surface area contributed by atoms with Crippen molar-refractivity contribution in [3.63, 3.8) is 0 Å². The molecule has 1 unspecified atom stereocenters. The van der Waals surface area contributed by atoms with Gasteiger partial charge in [-0.1, -0.05) is 6.92 Å². The largest absolute Gasteiger partial charge is 0.462 e. The van der Waals surface area contributed by atoms with E-state index >= 15 is 4.39 Å². The fourth-order valence-corrected chi connectivity index (χ4v) is 6.33. The first-order valence-electron chi connectivity index (χ1n) is 13.9. The quantitative estimate of drug-likeness (QED) is 0.151. The van der Waals surface area contributed by atoms with Gasteiger partial charge < -0.3 is 20.4 Å². The van der Waals surface area contributed by atoms with Crippen LogP contribution < -0.4 is 5.32 Å². The molecule has 42 heavy (non-hydrogen) atoms. The van der Waals surface area contributed by atoms with Crippen molar-refractivity contribution >= 4 is 40.8 Å². The number of nitrogens with zero attached hydrogens (tertiary/aromatic N) is 4. The van der Waals surface area contributed by atoms with Crippen LogP contribution in [0.4, 0.5) is 10.1 Å². The Morgan fingerprint density at radius 1 is 1.26 bits per heavy atom. The molecule has 0 spiro atoms. The van der Waals surface area contributed by atoms with Crippen molar-refractivity contribution in [2.24, 2.45) is 0 Å². The summed E-state index contributed by atoms with van der Waals surface area (Å²) >= 11 is 1.73. The molecule has 1 fully saturated rings. The maximum atomic E-state index is 15.4. The molecule has 9 nitrogen and oxygen atoms in total. The third-order valence-electron chi connectivity index (χ3n) is 8.11. The lowest BCUT2D eigenvalue weighted by Crippen LogP contribution is -2.38. The van der Waals surface area contributed by atoms with E-state index in [1.165, 1.54) is 22.7 Å². The molecule has 0 bridgehead atoms. The maximum absolute atomic E-state index is 15.4. The Kier molecular flexibility index (Phi) is 7.14. The monoisotopic (exact) mass is 586 g/mol. The predicted octanol–water partition coefficient (Wildman–Crippen LogP) is 5.92. The molecule has 2 aliphatic rings. The van der Waals surface area contributed by atoms with Crippen molar-refractivity contribution in [2.75, 3.05) is 18.5 Å². The normalized spacial score (nSPS) is 17.6. The summed E-state index contributed by atoms with van der Waals surface area (Å²) in [5, 5.41) is 17.1. The third-order valence-corrected chi connectivity index (χ3v) is 9.11. The minimum Gasteiger partial charge on any atom is -0.462 e. The number of halogens is 1. The van der Waals surface area contributed by atoms with Gasteiger partial charge in [-0.15, -0.1) is 11.3 Å². The highest BCUT2D eigenvalue weighted by Gasteiger charge is 2.42. The Balaban J connectivity index is 1.32. The van der Waals surface area contributed by atoms with E-state index in [4.69, 9.17) is 20.2 Å². The van der Waals surface area contributed by atoms with Crippen LogP contribution in [0.2, 0.25) is 0 Å². The minimum atomic E-state index is -0.640. The molecule has 0 saturated heterocycles. The predicted molar refractivity (Wildman–Crippen MR) is 160 cm³/mol. The highest BCUT2D eigenvalue weighted by atomic mass is 32.1. The number of hydrogen-bond acceptors (Lipinski definition) is 8. The van der Waals surface area contributed by atoms with Crippen molar-refractivity contribution in [1.82, 2.24) is 19.5 Å². The van der Waals surface area contributed by atoms with Crippen LogP contribution in [-0.4, -0.2) is 50.7 Å². The molecular weight excluding hydrogens is 555 g/mol. The molecule has 4 aromatic rings. The standard InChI is InChI=1S/C31H31FN6O3S/c1-4-41-30(40)19(16-33)17-34-20-5-6-22(23(32)13-20)24-15-28-35-25(14-27(38(28)36-24)31(3)9-10-31)29(39)37-11-7-26-21(18(37)2)8-12-42-26/h5-6,8,12-18,33-34H,4,7,9-11H2,1-3H3/b19-17+,33-16?. The second-order valence-corrected chi connectivity index (χ2v) is 11.9. The first-order valence-corrected chi connectivity index (χ1v) is 14.8. The summed E-state index contributed by atoms with van der Waals surface area (Å²) in [4.78, 5) is 33.6. The van der Waals surface area contributed by atoms with Crippen LogP contribution >= 0.6 is 11.3 Å². The highest BCUT2D eigenvalue weighted by molar-refractivity contribution is 7.10. The van der Waals surface area contributed by atoms with Crippen molar-refractivity contribution in [3.05, 3.63) is 81.2 Å². The molecule has 1 aromatic carbocycles. The highest BCUT2D eigenvalue weighted by Crippen LogP contribution is 2.48. The van der Waals surface area contributed by atoms with Crippen LogP contribution in [0.15, 0.2) is 53.6 Å². The second kappa shape index (κ2) is 10.8. The first kappa shape index (κ1) is 27.8. The topological polar surface area (TPSA) is 113 Å². The number of hydrogen-bond donors (Lipinski definition) is 2. The maximum Gasteiger partial charge on any atom is 0.341 e. The number of ether oxygens (including phenoxy) is 1. The van der Waals surface area contributed by atoms with Gasteiger partial charge in [0.05, 0.1) is 29.6 Å². The Bertz CT molecular complexity index is 1750. The van der Waals surface area contributed by atoms with Crippen LogP contribution in [0.25, 0.3) is 16.9 Å². The molecule has 216 valence electrons. The number of esters is 1. The van der Waals surface area contributed by atoms with Gasteiger partial charge in [0.15, 0.2) is 5.65 Å². The first-order chi connectivity index (χ1) is 20.2. The van der Waals surface area contributed by atoms with E-state index in [2.05, 4.69) is 30.6 Å². The van der Waals surface area contributed by atoms with Gasteiger partial charge >= 0.3 is 5.97 Å². The summed E-state index contributed by atoms with van der Waals surface area (Å²) in [6, 6.07) is 10.2. The van der Waals surface area contributed by atoms with Gasteiger partial charge in [0, 0.05) is 46.6 Å². The van der Waals surface area contributed by atoms with Gasteiger partial charge in [-0.25, -0.2) is 18.7 Å². The average Bonchev–Trinajstić information content (AvgIpc) is 3.34. The fraction of sp³-hybridized carbons (Fsp3) is 0.323. The zero-order valence-corrected chi connectivity index (χ0v) is 24.4.